The molecule has 0 aliphatic heterocycles. The SMILES string of the molecule is Oc1ccccc1NCc1ccc(Br)nc1. The Kier molecular flexibility index (Phi) is 3.41. The number of aromatic nitrogens is 1. The number of hydrogen-bond donors (Lipinski definition) is 2. The van der Waals surface area contributed by atoms with Crippen LogP contribution in [0.5, 0.6) is 5.75 Å². The lowest BCUT2D eigenvalue weighted by Crippen LogP contribution is -1.99. The molecule has 4 heteroatoms. The van der Waals surface area contributed by atoms with Gasteiger partial charge in [0, 0.05) is 12.7 Å². The molecule has 2 aromatic rings. The van der Waals surface area contributed by atoms with Gasteiger partial charge in [-0.05, 0) is 39.7 Å². The van der Waals surface area contributed by atoms with Crippen LogP contribution in [0, 0.1) is 0 Å². The molecule has 0 amide bonds. The van der Waals surface area contributed by atoms with Crippen LogP contribution in [0.4, 0.5) is 5.69 Å². The van der Waals surface area contributed by atoms with Crippen molar-refractivity contribution in [2.24, 2.45) is 0 Å². The second-order valence-electron chi connectivity index (χ2n) is 3.36. The zero-order valence-corrected chi connectivity index (χ0v) is 10.1. The standard InChI is InChI=1S/C12H11BrN2O/c13-12-6-5-9(8-15-12)7-14-10-3-1-2-4-11(10)16/h1-6,8,14,16H,7H2. The lowest BCUT2D eigenvalue weighted by atomic mass is 10.2. The van der Waals surface area contributed by atoms with E-state index in [1.165, 1.54) is 0 Å². The molecular weight excluding hydrogens is 268 g/mol. The van der Waals surface area contributed by atoms with Crippen molar-refractivity contribution in [2.45, 2.75) is 6.54 Å². The van der Waals surface area contributed by atoms with E-state index in [1.54, 1.807) is 18.3 Å². The largest absolute Gasteiger partial charge is 0.506 e. The predicted octanol–water partition coefficient (Wildman–Crippen LogP) is 3.16. The Morgan fingerprint density at radius 1 is 1.19 bits per heavy atom. The van der Waals surface area contributed by atoms with Crippen molar-refractivity contribution in [1.29, 1.82) is 0 Å². The molecule has 82 valence electrons. The molecule has 1 aromatic heterocycles. The van der Waals surface area contributed by atoms with Crippen LogP contribution in [0.1, 0.15) is 5.56 Å². The zero-order chi connectivity index (χ0) is 11.4. The van der Waals surface area contributed by atoms with Crippen molar-refractivity contribution in [1.82, 2.24) is 4.98 Å². The number of aromatic hydroxyl groups is 1. The van der Waals surface area contributed by atoms with Crippen molar-refractivity contribution in [3.05, 3.63) is 52.8 Å². The summed E-state index contributed by atoms with van der Waals surface area (Å²) in [5, 5.41) is 12.7. The molecule has 2 N–H and O–H groups in total. The van der Waals surface area contributed by atoms with Gasteiger partial charge in [0.15, 0.2) is 0 Å². The molecule has 0 aliphatic rings. The minimum absolute atomic E-state index is 0.257. The summed E-state index contributed by atoms with van der Waals surface area (Å²) in [6, 6.07) is 11.0. The number of hydrogen-bond acceptors (Lipinski definition) is 3. The van der Waals surface area contributed by atoms with E-state index in [-0.39, 0.29) is 5.75 Å². The van der Waals surface area contributed by atoms with E-state index < -0.39 is 0 Å². The average Bonchev–Trinajstić information content (AvgIpc) is 2.30. The van der Waals surface area contributed by atoms with Crippen molar-refractivity contribution >= 4 is 21.6 Å². The first-order valence-corrected chi connectivity index (χ1v) is 5.67. The van der Waals surface area contributed by atoms with Gasteiger partial charge in [0.25, 0.3) is 0 Å². The van der Waals surface area contributed by atoms with E-state index >= 15 is 0 Å². The van der Waals surface area contributed by atoms with Gasteiger partial charge in [-0.15, -0.1) is 0 Å². The second-order valence-corrected chi connectivity index (χ2v) is 4.17. The maximum Gasteiger partial charge on any atom is 0.138 e. The van der Waals surface area contributed by atoms with Crippen LogP contribution in [-0.2, 0) is 6.54 Å². The summed E-state index contributed by atoms with van der Waals surface area (Å²) < 4.78 is 0.818. The molecule has 0 spiro atoms. The van der Waals surface area contributed by atoms with Crippen molar-refractivity contribution in [3.63, 3.8) is 0 Å². The number of phenols is 1. The second kappa shape index (κ2) is 4.99. The quantitative estimate of drug-likeness (QED) is 0.670. The normalized spacial score (nSPS) is 10.1. The van der Waals surface area contributed by atoms with E-state index in [9.17, 15) is 5.11 Å². The van der Waals surface area contributed by atoms with Gasteiger partial charge in [-0.25, -0.2) is 4.98 Å². The van der Waals surface area contributed by atoms with Crippen LogP contribution in [0.2, 0.25) is 0 Å². The van der Waals surface area contributed by atoms with Crippen LogP contribution >= 0.6 is 15.9 Å². The Bertz CT molecular complexity index is 471. The molecule has 3 nitrogen and oxygen atoms in total. The number of para-hydroxylation sites is 2. The number of nitrogens with zero attached hydrogens (tertiary/aromatic N) is 1. The molecule has 1 aromatic carbocycles. The molecule has 0 radical (unpaired) electrons. The maximum absolute atomic E-state index is 9.55. The summed E-state index contributed by atoms with van der Waals surface area (Å²) >= 11 is 3.28. The number of anilines is 1. The summed E-state index contributed by atoms with van der Waals surface area (Å²) in [5.41, 5.74) is 1.79. The molecule has 0 saturated carbocycles. The molecular formula is C12H11BrN2O. The first-order valence-electron chi connectivity index (χ1n) is 4.88. The molecule has 0 saturated heterocycles. The van der Waals surface area contributed by atoms with E-state index in [4.69, 9.17) is 0 Å². The van der Waals surface area contributed by atoms with Crippen LogP contribution in [0.3, 0.4) is 0 Å². The van der Waals surface area contributed by atoms with Gasteiger partial charge in [-0.1, -0.05) is 18.2 Å². The third-order valence-corrected chi connectivity index (χ3v) is 2.64. The maximum atomic E-state index is 9.55. The summed E-state index contributed by atoms with van der Waals surface area (Å²) in [6.07, 6.45) is 1.79. The van der Waals surface area contributed by atoms with Crippen molar-refractivity contribution < 1.29 is 5.11 Å². The highest BCUT2D eigenvalue weighted by Gasteiger charge is 1.99. The van der Waals surface area contributed by atoms with Crippen LogP contribution in [0.25, 0.3) is 0 Å². The third-order valence-electron chi connectivity index (χ3n) is 2.18. The fourth-order valence-electron chi connectivity index (χ4n) is 1.33. The summed E-state index contributed by atoms with van der Waals surface area (Å²) in [6.45, 7) is 0.637. The molecule has 0 fully saturated rings. The number of nitrogens with one attached hydrogen (secondary N) is 1. The summed E-state index contributed by atoms with van der Waals surface area (Å²) in [7, 11) is 0. The first kappa shape index (κ1) is 11.0. The average molecular weight is 279 g/mol. The molecule has 16 heavy (non-hydrogen) atoms. The Balaban J connectivity index is 2.02. The number of halogens is 1. The molecule has 2 rings (SSSR count). The third kappa shape index (κ3) is 2.73. The summed E-state index contributed by atoms with van der Waals surface area (Å²) in [4.78, 5) is 4.13. The molecule has 1 heterocycles. The van der Waals surface area contributed by atoms with Crippen LogP contribution in [0.15, 0.2) is 47.2 Å². The van der Waals surface area contributed by atoms with Crippen LogP contribution < -0.4 is 5.32 Å². The van der Waals surface area contributed by atoms with Crippen molar-refractivity contribution in [2.75, 3.05) is 5.32 Å². The minimum atomic E-state index is 0.257. The lowest BCUT2D eigenvalue weighted by molar-refractivity contribution is 0.477. The van der Waals surface area contributed by atoms with Crippen LogP contribution in [-0.4, -0.2) is 10.1 Å². The lowest BCUT2D eigenvalue weighted by Gasteiger charge is -2.07. The van der Waals surface area contributed by atoms with Crippen molar-refractivity contribution in [3.8, 4) is 5.75 Å². The van der Waals surface area contributed by atoms with Gasteiger partial charge < -0.3 is 10.4 Å². The van der Waals surface area contributed by atoms with E-state index in [1.807, 2.05) is 24.3 Å². The molecule has 0 atom stereocenters. The number of benzene rings is 1. The molecule has 0 bridgehead atoms. The Morgan fingerprint density at radius 3 is 2.69 bits per heavy atom. The minimum Gasteiger partial charge on any atom is -0.506 e. The van der Waals surface area contributed by atoms with Gasteiger partial charge in [0.1, 0.15) is 10.4 Å². The predicted molar refractivity (Wildman–Crippen MR) is 67.4 cm³/mol. The highest BCUT2D eigenvalue weighted by molar-refractivity contribution is 9.10. The van der Waals surface area contributed by atoms with Gasteiger partial charge >= 0.3 is 0 Å². The number of pyridine rings is 1. The van der Waals surface area contributed by atoms with E-state index in [2.05, 4.69) is 26.2 Å². The highest BCUT2D eigenvalue weighted by atomic mass is 79.9. The zero-order valence-electron chi connectivity index (χ0n) is 8.52. The Labute approximate surface area is 102 Å². The van der Waals surface area contributed by atoms with Gasteiger partial charge in [0.05, 0.1) is 5.69 Å². The first-order chi connectivity index (χ1) is 7.75. The number of rotatable bonds is 3. The Morgan fingerprint density at radius 2 is 2.00 bits per heavy atom. The fourth-order valence-corrected chi connectivity index (χ4v) is 1.57. The molecule has 0 unspecified atom stereocenters. The summed E-state index contributed by atoms with van der Waals surface area (Å²) in [5.74, 6) is 0.257. The van der Waals surface area contributed by atoms with E-state index in [0.717, 1.165) is 15.9 Å². The Hall–Kier alpha value is -1.55. The van der Waals surface area contributed by atoms with Gasteiger partial charge in [-0.2, -0.15) is 0 Å². The van der Waals surface area contributed by atoms with E-state index in [0.29, 0.717) is 6.54 Å². The number of phenolic OH excluding ortho intramolecular Hbond substituents is 1. The topological polar surface area (TPSA) is 45.1 Å². The highest BCUT2D eigenvalue weighted by Crippen LogP contribution is 2.22. The monoisotopic (exact) mass is 278 g/mol. The molecule has 0 aliphatic carbocycles. The fraction of sp³-hybridized carbons (Fsp3) is 0.0833. The van der Waals surface area contributed by atoms with Gasteiger partial charge in [-0.3, -0.25) is 0 Å². The smallest absolute Gasteiger partial charge is 0.138 e. The van der Waals surface area contributed by atoms with Gasteiger partial charge in [0.2, 0.25) is 0 Å².